The van der Waals surface area contributed by atoms with Gasteiger partial charge in [-0.1, -0.05) is 0 Å². The Morgan fingerprint density at radius 3 is 2.54 bits per heavy atom. The molecule has 1 rings (SSSR count). The standard InChI is InChI=1S/C10H10BrNO/c1-6-4-9(11)10(13-3)8(5-12)7(6)2/h4H,1-3H3. The lowest BCUT2D eigenvalue weighted by Gasteiger charge is -2.10. The van der Waals surface area contributed by atoms with E-state index in [1.54, 1.807) is 7.11 Å². The summed E-state index contributed by atoms with van der Waals surface area (Å²) in [5.74, 6) is 0.616. The van der Waals surface area contributed by atoms with Crippen molar-refractivity contribution in [2.45, 2.75) is 13.8 Å². The number of hydrogen-bond donors (Lipinski definition) is 0. The minimum atomic E-state index is 0.606. The quantitative estimate of drug-likeness (QED) is 0.755. The maximum atomic E-state index is 8.93. The third-order valence-corrected chi connectivity index (χ3v) is 2.66. The number of aryl methyl sites for hydroxylation is 1. The molecule has 0 saturated carbocycles. The molecule has 0 radical (unpaired) electrons. The molecule has 0 unspecified atom stereocenters. The molecule has 0 atom stereocenters. The molecular weight excluding hydrogens is 230 g/mol. The lowest BCUT2D eigenvalue weighted by atomic mass is 10.0. The Kier molecular flexibility index (Phi) is 2.94. The second-order valence-corrected chi connectivity index (χ2v) is 3.67. The maximum Gasteiger partial charge on any atom is 0.151 e. The molecule has 0 saturated heterocycles. The molecule has 0 aromatic heterocycles. The Balaban J connectivity index is 3.53. The third-order valence-electron chi connectivity index (χ3n) is 2.07. The first-order valence-electron chi connectivity index (χ1n) is 3.85. The Bertz CT molecular complexity index is 379. The number of methoxy groups -OCH3 is 1. The van der Waals surface area contributed by atoms with Gasteiger partial charge in [0.25, 0.3) is 0 Å². The predicted octanol–water partition coefficient (Wildman–Crippen LogP) is 2.95. The summed E-state index contributed by atoms with van der Waals surface area (Å²) in [5, 5.41) is 8.93. The summed E-state index contributed by atoms with van der Waals surface area (Å²) in [7, 11) is 1.57. The maximum absolute atomic E-state index is 8.93. The van der Waals surface area contributed by atoms with E-state index in [-0.39, 0.29) is 0 Å². The molecule has 0 amide bonds. The Morgan fingerprint density at radius 2 is 2.08 bits per heavy atom. The first-order valence-corrected chi connectivity index (χ1v) is 4.65. The van der Waals surface area contributed by atoms with Crippen molar-refractivity contribution >= 4 is 15.9 Å². The van der Waals surface area contributed by atoms with Crippen LogP contribution in [0.4, 0.5) is 0 Å². The number of nitriles is 1. The van der Waals surface area contributed by atoms with Gasteiger partial charge in [0.15, 0.2) is 5.75 Å². The lowest BCUT2D eigenvalue weighted by Crippen LogP contribution is -1.94. The first kappa shape index (κ1) is 10.1. The van der Waals surface area contributed by atoms with Crippen molar-refractivity contribution in [2.75, 3.05) is 7.11 Å². The monoisotopic (exact) mass is 239 g/mol. The number of benzene rings is 1. The van der Waals surface area contributed by atoms with Crippen molar-refractivity contribution in [1.82, 2.24) is 0 Å². The number of rotatable bonds is 1. The fourth-order valence-electron chi connectivity index (χ4n) is 1.18. The minimum absolute atomic E-state index is 0.606. The summed E-state index contributed by atoms with van der Waals surface area (Å²) in [5.41, 5.74) is 2.67. The van der Waals surface area contributed by atoms with Crippen LogP contribution in [-0.2, 0) is 0 Å². The van der Waals surface area contributed by atoms with Gasteiger partial charge in [0.2, 0.25) is 0 Å². The highest BCUT2D eigenvalue weighted by molar-refractivity contribution is 9.10. The molecule has 1 aromatic rings. The van der Waals surface area contributed by atoms with E-state index < -0.39 is 0 Å². The van der Waals surface area contributed by atoms with Gasteiger partial charge < -0.3 is 4.74 Å². The van der Waals surface area contributed by atoms with Gasteiger partial charge in [0.05, 0.1) is 17.1 Å². The fraction of sp³-hybridized carbons (Fsp3) is 0.300. The van der Waals surface area contributed by atoms with Crippen LogP contribution in [0.25, 0.3) is 0 Å². The van der Waals surface area contributed by atoms with E-state index in [0.717, 1.165) is 15.6 Å². The smallest absolute Gasteiger partial charge is 0.151 e. The molecule has 0 bridgehead atoms. The van der Waals surface area contributed by atoms with E-state index in [1.807, 2.05) is 19.9 Å². The number of ether oxygens (including phenoxy) is 1. The van der Waals surface area contributed by atoms with Crippen LogP contribution in [-0.4, -0.2) is 7.11 Å². The van der Waals surface area contributed by atoms with Gasteiger partial charge in [-0.25, -0.2) is 0 Å². The largest absolute Gasteiger partial charge is 0.494 e. The summed E-state index contributed by atoms with van der Waals surface area (Å²) in [6.45, 7) is 3.89. The van der Waals surface area contributed by atoms with Gasteiger partial charge in [-0.3, -0.25) is 0 Å². The van der Waals surface area contributed by atoms with Crippen LogP contribution in [0, 0.1) is 25.2 Å². The van der Waals surface area contributed by atoms with E-state index in [2.05, 4.69) is 22.0 Å². The fourth-order valence-corrected chi connectivity index (χ4v) is 1.89. The molecule has 0 heterocycles. The van der Waals surface area contributed by atoms with Gasteiger partial charge in [-0.05, 0) is 47.0 Å². The van der Waals surface area contributed by atoms with E-state index in [1.165, 1.54) is 0 Å². The highest BCUT2D eigenvalue weighted by Crippen LogP contribution is 2.32. The zero-order valence-corrected chi connectivity index (χ0v) is 9.40. The van der Waals surface area contributed by atoms with Crippen LogP contribution in [0.1, 0.15) is 16.7 Å². The molecule has 0 aliphatic carbocycles. The molecule has 1 aromatic carbocycles. The summed E-state index contributed by atoms with van der Waals surface area (Å²) in [6, 6.07) is 4.09. The second-order valence-electron chi connectivity index (χ2n) is 2.82. The highest BCUT2D eigenvalue weighted by atomic mass is 79.9. The normalized spacial score (nSPS) is 9.46. The van der Waals surface area contributed by atoms with Gasteiger partial charge in [-0.15, -0.1) is 0 Å². The second kappa shape index (κ2) is 3.80. The highest BCUT2D eigenvalue weighted by Gasteiger charge is 2.11. The SMILES string of the molecule is COc1c(Br)cc(C)c(C)c1C#N. The van der Waals surface area contributed by atoms with Crippen molar-refractivity contribution in [1.29, 1.82) is 5.26 Å². The van der Waals surface area contributed by atoms with Gasteiger partial charge in [0.1, 0.15) is 6.07 Å². The summed E-state index contributed by atoms with van der Waals surface area (Å²) >= 11 is 3.36. The van der Waals surface area contributed by atoms with Crippen LogP contribution in [0.3, 0.4) is 0 Å². The van der Waals surface area contributed by atoms with Crippen LogP contribution in [0.2, 0.25) is 0 Å². The summed E-state index contributed by atoms with van der Waals surface area (Å²) in [6.07, 6.45) is 0. The third kappa shape index (κ3) is 1.68. The van der Waals surface area contributed by atoms with Crippen molar-refractivity contribution in [3.05, 3.63) is 27.2 Å². The van der Waals surface area contributed by atoms with Gasteiger partial charge in [-0.2, -0.15) is 5.26 Å². The molecule has 13 heavy (non-hydrogen) atoms. The molecular formula is C10H10BrNO. The molecule has 0 aliphatic rings. The lowest BCUT2D eigenvalue weighted by molar-refractivity contribution is 0.410. The topological polar surface area (TPSA) is 33.0 Å². The molecule has 2 nitrogen and oxygen atoms in total. The number of nitrogens with zero attached hydrogens (tertiary/aromatic N) is 1. The zero-order chi connectivity index (χ0) is 10.0. The molecule has 0 spiro atoms. The van der Waals surface area contributed by atoms with Crippen LogP contribution < -0.4 is 4.74 Å². The number of halogens is 1. The number of hydrogen-bond acceptors (Lipinski definition) is 2. The summed E-state index contributed by atoms with van der Waals surface area (Å²) in [4.78, 5) is 0. The van der Waals surface area contributed by atoms with Crippen molar-refractivity contribution in [3.8, 4) is 11.8 Å². The van der Waals surface area contributed by atoms with E-state index in [0.29, 0.717) is 11.3 Å². The molecule has 0 aliphatic heterocycles. The van der Waals surface area contributed by atoms with Crippen LogP contribution in [0.15, 0.2) is 10.5 Å². The average Bonchev–Trinajstić information content (AvgIpc) is 2.10. The molecule has 68 valence electrons. The van der Waals surface area contributed by atoms with E-state index in [9.17, 15) is 0 Å². The van der Waals surface area contributed by atoms with E-state index >= 15 is 0 Å². The van der Waals surface area contributed by atoms with Crippen molar-refractivity contribution in [3.63, 3.8) is 0 Å². The minimum Gasteiger partial charge on any atom is -0.494 e. The Labute approximate surface area is 86.3 Å². The molecule has 0 N–H and O–H groups in total. The van der Waals surface area contributed by atoms with Crippen molar-refractivity contribution in [2.24, 2.45) is 0 Å². The Morgan fingerprint density at radius 1 is 1.46 bits per heavy atom. The van der Waals surface area contributed by atoms with Crippen LogP contribution in [0.5, 0.6) is 5.75 Å². The van der Waals surface area contributed by atoms with Gasteiger partial charge >= 0.3 is 0 Å². The van der Waals surface area contributed by atoms with E-state index in [4.69, 9.17) is 10.00 Å². The predicted molar refractivity (Wildman–Crippen MR) is 54.9 cm³/mol. The Hall–Kier alpha value is -1.01. The van der Waals surface area contributed by atoms with Gasteiger partial charge in [0, 0.05) is 0 Å². The van der Waals surface area contributed by atoms with Crippen LogP contribution >= 0.6 is 15.9 Å². The molecule has 3 heteroatoms. The zero-order valence-electron chi connectivity index (χ0n) is 7.81. The molecule has 0 fully saturated rings. The first-order chi connectivity index (χ1) is 6.11. The van der Waals surface area contributed by atoms with Crippen molar-refractivity contribution < 1.29 is 4.74 Å². The summed E-state index contributed by atoms with van der Waals surface area (Å²) < 4.78 is 5.96. The average molecular weight is 240 g/mol.